The maximum Gasteiger partial charge on any atom is 0.453 e. The lowest BCUT2D eigenvalue weighted by atomic mass is 10.1. The van der Waals surface area contributed by atoms with Crippen LogP contribution in [0.5, 0.6) is 0 Å². The van der Waals surface area contributed by atoms with Crippen molar-refractivity contribution in [1.29, 1.82) is 0 Å². The van der Waals surface area contributed by atoms with Crippen LogP contribution in [-0.4, -0.2) is 37.3 Å². The first-order valence-electron chi connectivity index (χ1n) is 6.91. The van der Waals surface area contributed by atoms with Crippen molar-refractivity contribution >= 4 is 11.9 Å². The first kappa shape index (κ1) is 20.4. The number of benzene rings is 1. The predicted octanol–water partition coefficient (Wildman–Crippen LogP) is 3.61. The largest absolute Gasteiger partial charge is 0.462 e. The van der Waals surface area contributed by atoms with Crippen LogP contribution < -0.4 is 0 Å². The molecule has 0 aliphatic heterocycles. The lowest BCUT2D eigenvalue weighted by Crippen LogP contribution is -2.36. The summed E-state index contributed by atoms with van der Waals surface area (Å²) in [6, 6.07) is 5.33. The molecule has 0 radical (unpaired) electrons. The zero-order chi connectivity index (χ0) is 19.1. The second-order valence-corrected chi connectivity index (χ2v) is 4.77. The molecular weight excluding hydrogens is 351 g/mol. The van der Waals surface area contributed by atoms with Crippen molar-refractivity contribution in [3.8, 4) is 12.3 Å². The average Bonchev–Trinajstić information content (AvgIpc) is 2.55. The highest BCUT2D eigenvalue weighted by atomic mass is 19.4. The fourth-order valence-electron chi connectivity index (χ4n) is 1.70. The summed E-state index contributed by atoms with van der Waals surface area (Å²) in [7, 11) is 0. The molecule has 0 N–H and O–H groups in total. The van der Waals surface area contributed by atoms with Crippen LogP contribution in [0.1, 0.15) is 33.6 Å². The average molecular weight is 364 g/mol. The fourth-order valence-corrected chi connectivity index (χ4v) is 1.70. The smallest absolute Gasteiger partial charge is 0.453 e. The number of rotatable bonds is 7. The van der Waals surface area contributed by atoms with Gasteiger partial charge in [0.1, 0.15) is 0 Å². The van der Waals surface area contributed by atoms with Gasteiger partial charge in [-0.05, 0) is 18.6 Å². The molecule has 1 aromatic rings. The lowest BCUT2D eigenvalue weighted by Gasteiger charge is -2.19. The molecular formula is C16H13F5O4. The standard InChI is InChI=1S/C16H13F5O4/c1-2-9-24-13(22)11-6-3-4-7-12(11)14(23)25-10-5-8-15(17,18)16(19,20)21/h1,3-4,6-7H,5,8-10H2. The van der Waals surface area contributed by atoms with E-state index < -0.39 is 43.5 Å². The van der Waals surface area contributed by atoms with E-state index in [4.69, 9.17) is 6.42 Å². The van der Waals surface area contributed by atoms with Crippen LogP contribution in [0.4, 0.5) is 22.0 Å². The van der Waals surface area contributed by atoms with E-state index in [0.717, 1.165) is 0 Å². The van der Waals surface area contributed by atoms with Crippen LogP contribution in [0.3, 0.4) is 0 Å². The Hall–Kier alpha value is -2.63. The molecule has 0 bridgehead atoms. The van der Waals surface area contributed by atoms with E-state index in [0.29, 0.717) is 0 Å². The van der Waals surface area contributed by atoms with E-state index >= 15 is 0 Å². The van der Waals surface area contributed by atoms with Crippen LogP contribution in [0.2, 0.25) is 0 Å². The number of carbonyl (C=O) groups is 2. The Kier molecular flexibility index (Phi) is 6.91. The molecule has 25 heavy (non-hydrogen) atoms. The number of carbonyl (C=O) groups excluding carboxylic acids is 2. The Labute approximate surface area is 139 Å². The summed E-state index contributed by atoms with van der Waals surface area (Å²) >= 11 is 0. The van der Waals surface area contributed by atoms with Gasteiger partial charge in [-0.15, -0.1) is 6.42 Å². The van der Waals surface area contributed by atoms with E-state index in [1.807, 2.05) is 0 Å². The summed E-state index contributed by atoms with van der Waals surface area (Å²) in [6.45, 7) is -0.993. The third-order valence-electron chi connectivity index (χ3n) is 2.94. The maximum absolute atomic E-state index is 12.7. The topological polar surface area (TPSA) is 52.6 Å². The zero-order valence-electron chi connectivity index (χ0n) is 12.7. The molecule has 0 spiro atoms. The summed E-state index contributed by atoms with van der Waals surface area (Å²) in [5.74, 6) is -4.75. The first-order valence-corrected chi connectivity index (χ1v) is 6.91. The third kappa shape index (κ3) is 5.74. The molecule has 0 heterocycles. The molecule has 0 saturated carbocycles. The van der Waals surface area contributed by atoms with E-state index in [1.165, 1.54) is 24.3 Å². The van der Waals surface area contributed by atoms with Crippen molar-refractivity contribution in [2.45, 2.75) is 24.9 Å². The van der Waals surface area contributed by atoms with Crippen LogP contribution in [0.25, 0.3) is 0 Å². The number of halogens is 5. The van der Waals surface area contributed by atoms with Crippen molar-refractivity contribution in [3.63, 3.8) is 0 Å². The van der Waals surface area contributed by atoms with Crippen LogP contribution in [0, 0.1) is 12.3 Å². The van der Waals surface area contributed by atoms with Gasteiger partial charge in [-0.1, -0.05) is 18.1 Å². The number of ether oxygens (including phenoxy) is 2. The summed E-state index contributed by atoms with van der Waals surface area (Å²) in [5.41, 5.74) is -0.379. The molecule has 1 aromatic carbocycles. The molecule has 0 amide bonds. The van der Waals surface area contributed by atoms with E-state index in [-0.39, 0.29) is 17.7 Å². The molecule has 0 aromatic heterocycles. The fraction of sp³-hybridized carbons (Fsp3) is 0.375. The summed E-state index contributed by atoms with van der Waals surface area (Å²) < 4.78 is 70.8. The van der Waals surface area contributed by atoms with E-state index in [2.05, 4.69) is 15.4 Å². The van der Waals surface area contributed by atoms with Crippen molar-refractivity contribution in [1.82, 2.24) is 0 Å². The monoisotopic (exact) mass is 364 g/mol. The van der Waals surface area contributed by atoms with Crippen LogP contribution >= 0.6 is 0 Å². The summed E-state index contributed by atoms with van der Waals surface area (Å²) in [5, 5.41) is 0. The van der Waals surface area contributed by atoms with Gasteiger partial charge in [-0.25, -0.2) is 9.59 Å². The van der Waals surface area contributed by atoms with Gasteiger partial charge in [0, 0.05) is 6.42 Å². The zero-order valence-corrected chi connectivity index (χ0v) is 12.7. The number of alkyl halides is 5. The molecule has 0 fully saturated rings. The normalized spacial score (nSPS) is 11.5. The van der Waals surface area contributed by atoms with E-state index in [1.54, 1.807) is 0 Å². The summed E-state index contributed by atoms with van der Waals surface area (Å²) in [6.07, 6.45) is -2.95. The minimum absolute atomic E-state index is 0.164. The molecule has 9 heteroatoms. The molecule has 0 aliphatic carbocycles. The quantitative estimate of drug-likeness (QED) is 0.321. The maximum atomic E-state index is 12.7. The van der Waals surface area contributed by atoms with Gasteiger partial charge in [-0.3, -0.25) is 0 Å². The van der Waals surface area contributed by atoms with Crippen LogP contribution in [-0.2, 0) is 9.47 Å². The highest BCUT2D eigenvalue weighted by Gasteiger charge is 2.56. The van der Waals surface area contributed by atoms with Crippen molar-refractivity contribution in [2.24, 2.45) is 0 Å². The number of hydrogen-bond donors (Lipinski definition) is 0. The Morgan fingerprint density at radius 2 is 1.52 bits per heavy atom. The third-order valence-corrected chi connectivity index (χ3v) is 2.94. The highest BCUT2D eigenvalue weighted by Crippen LogP contribution is 2.38. The second-order valence-electron chi connectivity index (χ2n) is 4.77. The number of hydrogen-bond acceptors (Lipinski definition) is 4. The minimum Gasteiger partial charge on any atom is -0.462 e. The van der Waals surface area contributed by atoms with Crippen LogP contribution in [0.15, 0.2) is 24.3 Å². The Morgan fingerprint density at radius 3 is 2.00 bits per heavy atom. The Morgan fingerprint density at radius 1 is 1.00 bits per heavy atom. The molecule has 0 aliphatic rings. The predicted molar refractivity (Wildman–Crippen MR) is 76.1 cm³/mol. The van der Waals surface area contributed by atoms with Crippen molar-refractivity contribution < 1.29 is 41.0 Å². The first-order chi connectivity index (χ1) is 11.6. The SMILES string of the molecule is C#CCOC(=O)c1ccccc1C(=O)OCCCC(F)(F)C(F)(F)F. The Bertz CT molecular complexity index is 661. The van der Waals surface area contributed by atoms with Gasteiger partial charge in [0.2, 0.25) is 0 Å². The van der Waals surface area contributed by atoms with Gasteiger partial charge in [-0.2, -0.15) is 22.0 Å². The van der Waals surface area contributed by atoms with Crippen molar-refractivity contribution in [3.05, 3.63) is 35.4 Å². The highest BCUT2D eigenvalue weighted by molar-refractivity contribution is 6.03. The van der Waals surface area contributed by atoms with Gasteiger partial charge >= 0.3 is 24.0 Å². The molecule has 0 saturated heterocycles. The van der Waals surface area contributed by atoms with Crippen molar-refractivity contribution in [2.75, 3.05) is 13.2 Å². The molecule has 0 atom stereocenters. The van der Waals surface area contributed by atoms with Gasteiger partial charge in [0.05, 0.1) is 17.7 Å². The number of terminal acetylenes is 1. The molecule has 136 valence electrons. The minimum atomic E-state index is -5.66. The Balaban J connectivity index is 2.65. The van der Waals surface area contributed by atoms with Gasteiger partial charge in [0.15, 0.2) is 6.61 Å². The van der Waals surface area contributed by atoms with Gasteiger partial charge < -0.3 is 9.47 Å². The molecule has 0 unspecified atom stereocenters. The van der Waals surface area contributed by atoms with E-state index in [9.17, 15) is 31.5 Å². The summed E-state index contributed by atoms with van der Waals surface area (Å²) in [4.78, 5) is 23.6. The second kappa shape index (κ2) is 8.46. The number of esters is 2. The van der Waals surface area contributed by atoms with Gasteiger partial charge in [0.25, 0.3) is 0 Å². The molecule has 1 rings (SSSR count). The lowest BCUT2D eigenvalue weighted by molar-refractivity contribution is -0.284. The molecule has 4 nitrogen and oxygen atoms in total.